The van der Waals surface area contributed by atoms with Crippen LogP contribution in [0.2, 0.25) is 0 Å². The fourth-order valence-electron chi connectivity index (χ4n) is 3.24. The lowest BCUT2D eigenvalue weighted by atomic mass is 10.0. The summed E-state index contributed by atoms with van der Waals surface area (Å²) in [5.41, 5.74) is 0. The van der Waals surface area contributed by atoms with E-state index in [0.717, 1.165) is 25.6 Å². The highest BCUT2D eigenvalue weighted by Gasteiger charge is 2.34. The van der Waals surface area contributed by atoms with Crippen LogP contribution >= 0.6 is 24.8 Å². The Bertz CT molecular complexity index is 307. The molecule has 3 fully saturated rings. The molecule has 1 amide bonds. The first-order chi connectivity index (χ1) is 8.83. The van der Waals surface area contributed by atoms with Gasteiger partial charge in [-0.1, -0.05) is 6.42 Å². The molecule has 0 radical (unpaired) electrons. The molecule has 20 heavy (non-hydrogen) atoms. The maximum absolute atomic E-state index is 12.0. The van der Waals surface area contributed by atoms with Crippen LogP contribution in [0.4, 0.5) is 0 Å². The van der Waals surface area contributed by atoms with Gasteiger partial charge in [0.15, 0.2) is 0 Å². The number of hydrogen-bond acceptors (Lipinski definition) is 3. The van der Waals surface area contributed by atoms with Crippen molar-refractivity contribution in [2.24, 2.45) is 5.92 Å². The minimum atomic E-state index is 0. The molecule has 2 atom stereocenters. The second-order valence-electron chi connectivity index (χ2n) is 6.13. The molecular formula is C14H27Cl2N3O. The summed E-state index contributed by atoms with van der Waals surface area (Å²) in [6.07, 6.45) is 7.45. The molecule has 2 N–H and O–H groups in total. The maximum atomic E-state index is 12.0. The summed E-state index contributed by atoms with van der Waals surface area (Å²) in [6, 6.07) is 0.949. The van der Waals surface area contributed by atoms with E-state index in [1.807, 2.05) is 0 Å². The van der Waals surface area contributed by atoms with Crippen LogP contribution in [0.15, 0.2) is 0 Å². The van der Waals surface area contributed by atoms with Gasteiger partial charge in [-0.25, -0.2) is 0 Å². The standard InChI is InChI=1S/C14H25N3O.2ClH/c18-14(13-3-1-2-7-15-13)16-9-11-6-8-17(10-11)12-4-5-12;;/h11-13,15H,1-10H2,(H,16,18);2*1H/t11?,13-;;/m1../s1. The van der Waals surface area contributed by atoms with Gasteiger partial charge in [0.25, 0.3) is 0 Å². The fourth-order valence-corrected chi connectivity index (χ4v) is 3.24. The van der Waals surface area contributed by atoms with E-state index >= 15 is 0 Å². The Morgan fingerprint density at radius 1 is 1.15 bits per heavy atom. The van der Waals surface area contributed by atoms with Crippen LogP contribution in [0.25, 0.3) is 0 Å². The Morgan fingerprint density at radius 3 is 2.60 bits per heavy atom. The summed E-state index contributed by atoms with van der Waals surface area (Å²) >= 11 is 0. The van der Waals surface area contributed by atoms with Crippen LogP contribution < -0.4 is 10.6 Å². The van der Waals surface area contributed by atoms with Crippen molar-refractivity contribution in [3.05, 3.63) is 0 Å². The van der Waals surface area contributed by atoms with Crippen molar-refractivity contribution >= 4 is 30.7 Å². The van der Waals surface area contributed by atoms with Crippen LogP contribution in [0.5, 0.6) is 0 Å². The van der Waals surface area contributed by atoms with Gasteiger partial charge in [0, 0.05) is 19.1 Å². The molecular weight excluding hydrogens is 297 g/mol. The van der Waals surface area contributed by atoms with Crippen LogP contribution in [-0.4, -0.2) is 49.1 Å². The van der Waals surface area contributed by atoms with Crippen LogP contribution in [-0.2, 0) is 4.79 Å². The van der Waals surface area contributed by atoms with Crippen LogP contribution in [0, 0.1) is 5.92 Å². The Hall–Kier alpha value is -0.0300. The van der Waals surface area contributed by atoms with Gasteiger partial charge in [-0.2, -0.15) is 0 Å². The first-order valence-electron chi connectivity index (χ1n) is 7.58. The molecule has 0 bridgehead atoms. The third-order valence-electron chi connectivity index (χ3n) is 4.57. The molecule has 3 aliphatic rings. The Morgan fingerprint density at radius 2 is 1.95 bits per heavy atom. The zero-order valence-corrected chi connectivity index (χ0v) is 13.6. The average molecular weight is 324 g/mol. The summed E-state index contributed by atoms with van der Waals surface area (Å²) in [4.78, 5) is 14.6. The van der Waals surface area contributed by atoms with Crippen molar-refractivity contribution in [1.82, 2.24) is 15.5 Å². The number of amides is 1. The number of rotatable bonds is 4. The Kier molecular flexibility index (Phi) is 7.59. The molecule has 0 spiro atoms. The van der Waals surface area contributed by atoms with Gasteiger partial charge in [0.1, 0.15) is 0 Å². The molecule has 0 aromatic rings. The van der Waals surface area contributed by atoms with Crippen molar-refractivity contribution in [3.63, 3.8) is 0 Å². The van der Waals surface area contributed by atoms with Crippen LogP contribution in [0.1, 0.15) is 38.5 Å². The van der Waals surface area contributed by atoms with Crippen molar-refractivity contribution in [2.45, 2.75) is 50.6 Å². The largest absolute Gasteiger partial charge is 0.354 e. The number of hydrogen-bond donors (Lipinski definition) is 2. The molecule has 2 heterocycles. The predicted molar refractivity (Wildman–Crippen MR) is 85.8 cm³/mol. The van der Waals surface area contributed by atoms with Crippen molar-refractivity contribution in [1.29, 1.82) is 0 Å². The number of piperidine rings is 1. The number of carbonyl (C=O) groups is 1. The van der Waals surface area contributed by atoms with Gasteiger partial charge >= 0.3 is 0 Å². The van der Waals surface area contributed by atoms with Gasteiger partial charge in [0.2, 0.25) is 5.91 Å². The highest BCUT2D eigenvalue weighted by molar-refractivity contribution is 5.85. The van der Waals surface area contributed by atoms with E-state index in [2.05, 4.69) is 15.5 Å². The monoisotopic (exact) mass is 323 g/mol. The SMILES string of the molecule is Cl.Cl.O=C(NCC1CCN(C2CC2)C1)[C@H]1CCCCN1. The second-order valence-corrected chi connectivity index (χ2v) is 6.13. The summed E-state index contributed by atoms with van der Waals surface area (Å²) in [5, 5.41) is 6.45. The zero-order chi connectivity index (χ0) is 12.4. The highest BCUT2D eigenvalue weighted by Crippen LogP contribution is 2.31. The first kappa shape index (κ1) is 18.0. The molecule has 2 saturated heterocycles. The van der Waals surface area contributed by atoms with E-state index in [1.54, 1.807) is 0 Å². The predicted octanol–water partition coefficient (Wildman–Crippen LogP) is 1.57. The first-order valence-corrected chi connectivity index (χ1v) is 7.58. The molecule has 6 heteroatoms. The van der Waals surface area contributed by atoms with E-state index in [1.165, 1.54) is 45.2 Å². The second kappa shape index (κ2) is 8.42. The number of nitrogens with zero attached hydrogens (tertiary/aromatic N) is 1. The van der Waals surface area contributed by atoms with Crippen molar-refractivity contribution in [3.8, 4) is 0 Å². The Labute approximate surface area is 134 Å². The molecule has 0 aromatic carbocycles. The van der Waals surface area contributed by atoms with E-state index in [0.29, 0.717) is 5.92 Å². The molecule has 118 valence electrons. The summed E-state index contributed by atoms with van der Waals surface area (Å²) < 4.78 is 0. The lowest BCUT2D eigenvalue weighted by molar-refractivity contribution is -0.123. The molecule has 0 aromatic heterocycles. The van der Waals surface area contributed by atoms with Gasteiger partial charge in [-0.05, 0) is 51.1 Å². The molecule has 2 aliphatic heterocycles. The van der Waals surface area contributed by atoms with E-state index in [-0.39, 0.29) is 36.8 Å². The topological polar surface area (TPSA) is 44.4 Å². The zero-order valence-electron chi connectivity index (χ0n) is 12.0. The summed E-state index contributed by atoms with van der Waals surface area (Å²) in [7, 11) is 0. The fraction of sp³-hybridized carbons (Fsp3) is 0.929. The Balaban J connectivity index is 0.000001000. The molecule has 4 nitrogen and oxygen atoms in total. The van der Waals surface area contributed by atoms with Crippen molar-refractivity contribution in [2.75, 3.05) is 26.2 Å². The number of halogens is 2. The van der Waals surface area contributed by atoms with Gasteiger partial charge < -0.3 is 15.5 Å². The third kappa shape index (κ3) is 4.76. The third-order valence-corrected chi connectivity index (χ3v) is 4.57. The van der Waals surface area contributed by atoms with E-state index < -0.39 is 0 Å². The number of likely N-dealkylation sites (tertiary alicyclic amines) is 1. The summed E-state index contributed by atoms with van der Waals surface area (Å²) in [5.74, 6) is 0.901. The molecule has 1 saturated carbocycles. The number of carbonyl (C=O) groups excluding carboxylic acids is 1. The van der Waals surface area contributed by atoms with Gasteiger partial charge in [-0.3, -0.25) is 4.79 Å². The average Bonchev–Trinajstić information content (AvgIpc) is 3.16. The maximum Gasteiger partial charge on any atom is 0.237 e. The van der Waals surface area contributed by atoms with E-state index in [9.17, 15) is 4.79 Å². The van der Waals surface area contributed by atoms with Crippen LogP contribution in [0.3, 0.4) is 0 Å². The lowest BCUT2D eigenvalue weighted by Crippen LogP contribution is -2.47. The molecule has 1 aliphatic carbocycles. The lowest BCUT2D eigenvalue weighted by Gasteiger charge is -2.23. The minimum Gasteiger partial charge on any atom is -0.354 e. The van der Waals surface area contributed by atoms with Gasteiger partial charge in [-0.15, -0.1) is 24.8 Å². The molecule has 3 rings (SSSR count). The quantitative estimate of drug-likeness (QED) is 0.825. The smallest absolute Gasteiger partial charge is 0.237 e. The minimum absolute atomic E-state index is 0. The van der Waals surface area contributed by atoms with Gasteiger partial charge in [0.05, 0.1) is 6.04 Å². The summed E-state index contributed by atoms with van der Waals surface area (Å²) in [6.45, 7) is 4.31. The highest BCUT2D eigenvalue weighted by atomic mass is 35.5. The van der Waals surface area contributed by atoms with Crippen molar-refractivity contribution < 1.29 is 4.79 Å². The van der Waals surface area contributed by atoms with E-state index in [4.69, 9.17) is 0 Å². The molecule has 1 unspecified atom stereocenters. The number of nitrogens with one attached hydrogen (secondary N) is 2. The normalized spacial score (nSPS) is 30.2.